The van der Waals surface area contributed by atoms with Crippen molar-refractivity contribution in [3.05, 3.63) is 23.4 Å². The van der Waals surface area contributed by atoms with Crippen LogP contribution >= 0.6 is 0 Å². The summed E-state index contributed by atoms with van der Waals surface area (Å²) in [6.07, 6.45) is 13.0. The van der Waals surface area contributed by atoms with Crippen molar-refractivity contribution in [2.24, 2.45) is 17.6 Å². The zero-order valence-electron chi connectivity index (χ0n) is 24.2. The molecule has 0 aliphatic heterocycles. The number of carbonyl (C=O) groups excluding carboxylic acids is 4. The average Bonchev–Trinajstić information content (AvgIpc) is 2.84. The molecule has 0 unspecified atom stereocenters. The van der Waals surface area contributed by atoms with Gasteiger partial charge in [-0.05, 0) is 56.4 Å². The van der Waals surface area contributed by atoms with Crippen molar-refractivity contribution in [3.63, 3.8) is 0 Å². The molecule has 6 N–H and O–H groups in total. The number of hydrogen-bond acceptors (Lipinski definition) is 4. The summed E-state index contributed by atoms with van der Waals surface area (Å²) in [4.78, 5) is 49.9. The number of unbranched alkanes of at least 4 members (excludes halogenated alkanes) is 4. The molecule has 1 rings (SSSR count). The van der Waals surface area contributed by atoms with E-state index in [0.717, 1.165) is 57.1 Å². The Balaban J connectivity index is 2.81. The number of allylic oxidation sites excluding steroid dienone is 4. The number of nitrogens with two attached hydrogens (primary N) is 1. The molecule has 0 spiro atoms. The lowest BCUT2D eigenvalue weighted by atomic mass is 9.94. The first kappa shape index (κ1) is 33.2. The van der Waals surface area contributed by atoms with Gasteiger partial charge in [-0.15, -0.1) is 0 Å². The highest BCUT2D eigenvalue weighted by molar-refractivity contribution is 5.92. The van der Waals surface area contributed by atoms with Crippen LogP contribution in [-0.4, -0.2) is 42.4 Å². The van der Waals surface area contributed by atoms with E-state index in [9.17, 15) is 19.2 Å². The van der Waals surface area contributed by atoms with Crippen LogP contribution in [0.4, 0.5) is 4.79 Å². The molecule has 0 heterocycles. The van der Waals surface area contributed by atoms with Crippen LogP contribution in [0, 0.1) is 11.8 Å². The molecule has 0 aromatic carbocycles. The molecule has 1 aliphatic rings. The lowest BCUT2D eigenvalue weighted by Crippen LogP contribution is -2.55. The summed E-state index contributed by atoms with van der Waals surface area (Å²) in [5.74, 6) is -0.425. The maximum absolute atomic E-state index is 13.2. The summed E-state index contributed by atoms with van der Waals surface area (Å²) >= 11 is 0. The van der Waals surface area contributed by atoms with Crippen molar-refractivity contribution in [1.82, 2.24) is 21.3 Å². The number of primary amides is 1. The van der Waals surface area contributed by atoms with Gasteiger partial charge in [0.05, 0.1) is 0 Å². The fraction of sp³-hybridized carbons (Fsp3) is 0.724. The molecule has 38 heavy (non-hydrogen) atoms. The maximum Gasteiger partial charge on any atom is 0.312 e. The van der Waals surface area contributed by atoms with Crippen molar-refractivity contribution in [1.29, 1.82) is 0 Å². The van der Waals surface area contributed by atoms with Crippen LogP contribution in [-0.2, 0) is 14.4 Å². The van der Waals surface area contributed by atoms with Gasteiger partial charge in [-0.2, -0.15) is 0 Å². The van der Waals surface area contributed by atoms with Gasteiger partial charge in [0.25, 0.3) is 0 Å². The minimum absolute atomic E-state index is 0.148. The molecule has 9 nitrogen and oxygen atoms in total. The van der Waals surface area contributed by atoms with E-state index in [2.05, 4.69) is 48.1 Å². The average molecular weight is 534 g/mol. The number of urea groups is 1. The molecule has 0 saturated heterocycles. The number of nitrogens with one attached hydrogen (secondary N) is 4. The predicted octanol–water partition coefficient (Wildman–Crippen LogP) is 4.19. The zero-order chi connectivity index (χ0) is 28.5. The molecular weight excluding hydrogens is 482 g/mol. The van der Waals surface area contributed by atoms with Crippen molar-refractivity contribution in [2.45, 2.75) is 117 Å². The molecule has 2 atom stereocenters. The van der Waals surface area contributed by atoms with Gasteiger partial charge in [-0.25, -0.2) is 4.79 Å². The Morgan fingerprint density at radius 1 is 0.895 bits per heavy atom. The third-order valence-electron chi connectivity index (χ3n) is 6.56. The first-order valence-electron chi connectivity index (χ1n) is 14.4. The van der Waals surface area contributed by atoms with Gasteiger partial charge in [0.2, 0.25) is 17.7 Å². The first-order chi connectivity index (χ1) is 18.0. The zero-order valence-corrected chi connectivity index (χ0v) is 24.2. The van der Waals surface area contributed by atoms with Crippen LogP contribution < -0.4 is 27.0 Å². The lowest BCUT2D eigenvalue weighted by Gasteiger charge is -2.26. The standard InChI is InChI=1S/C29H51N5O4/c1-6-7-8-9-10-13-25(35)34-26(21(4)5)28(37)33-24(12-11-18-31-29(30)38)27(36)32-23-16-14-22(15-17-23)19-20(2)3/h14,16,20-21,24,26H,6-13,15,17-19H2,1-5H3,(H,32,36)(H,33,37)(H,34,35)(H3,30,31,38)/t24-,26-/m0/s1. The minimum Gasteiger partial charge on any atom is -0.352 e. The third kappa shape index (κ3) is 14.2. The Hall–Kier alpha value is -2.84. The monoisotopic (exact) mass is 533 g/mol. The third-order valence-corrected chi connectivity index (χ3v) is 6.56. The number of hydrogen-bond donors (Lipinski definition) is 5. The second-order valence-corrected chi connectivity index (χ2v) is 11.1. The van der Waals surface area contributed by atoms with E-state index in [0.29, 0.717) is 31.7 Å². The summed E-state index contributed by atoms with van der Waals surface area (Å²) in [6, 6.07) is -2.19. The minimum atomic E-state index is -0.814. The highest BCUT2D eigenvalue weighted by Gasteiger charge is 2.29. The van der Waals surface area contributed by atoms with Gasteiger partial charge in [-0.1, -0.05) is 72.0 Å². The molecule has 0 radical (unpaired) electrons. The Labute approximate surface area is 229 Å². The summed E-state index contributed by atoms with van der Waals surface area (Å²) in [7, 11) is 0. The maximum atomic E-state index is 13.2. The molecule has 0 aromatic heterocycles. The summed E-state index contributed by atoms with van der Waals surface area (Å²) in [5, 5.41) is 11.2. The van der Waals surface area contributed by atoms with E-state index in [-0.39, 0.29) is 23.6 Å². The van der Waals surface area contributed by atoms with Crippen molar-refractivity contribution in [3.8, 4) is 0 Å². The first-order valence-corrected chi connectivity index (χ1v) is 14.4. The van der Waals surface area contributed by atoms with Gasteiger partial charge in [-0.3, -0.25) is 14.4 Å². The fourth-order valence-corrected chi connectivity index (χ4v) is 4.44. The Kier molecular flexibility index (Phi) is 16.1. The van der Waals surface area contributed by atoms with Gasteiger partial charge in [0, 0.05) is 18.7 Å². The SMILES string of the molecule is CCCCCCCC(=O)N[C@H](C(=O)N[C@@H](CCCNC(N)=O)C(=O)NC1=CC=C(CC(C)C)CC1)C(C)C. The highest BCUT2D eigenvalue weighted by atomic mass is 16.2. The molecule has 9 heteroatoms. The normalized spacial score (nSPS) is 14.8. The molecule has 0 bridgehead atoms. The summed E-state index contributed by atoms with van der Waals surface area (Å²) in [5.41, 5.74) is 7.32. The van der Waals surface area contributed by atoms with E-state index in [4.69, 9.17) is 5.73 Å². The molecule has 216 valence electrons. The van der Waals surface area contributed by atoms with Crippen LogP contribution in [0.5, 0.6) is 0 Å². The highest BCUT2D eigenvalue weighted by Crippen LogP contribution is 2.22. The summed E-state index contributed by atoms with van der Waals surface area (Å²) < 4.78 is 0. The Morgan fingerprint density at radius 3 is 2.18 bits per heavy atom. The second-order valence-electron chi connectivity index (χ2n) is 11.1. The van der Waals surface area contributed by atoms with Crippen molar-refractivity contribution >= 4 is 23.8 Å². The topological polar surface area (TPSA) is 142 Å². The van der Waals surface area contributed by atoms with Gasteiger partial charge < -0.3 is 27.0 Å². The van der Waals surface area contributed by atoms with Crippen LogP contribution in [0.15, 0.2) is 23.4 Å². The summed E-state index contributed by atoms with van der Waals surface area (Å²) in [6.45, 7) is 10.5. The molecule has 0 saturated carbocycles. The van der Waals surface area contributed by atoms with Gasteiger partial charge in [0.15, 0.2) is 0 Å². The molecule has 1 aliphatic carbocycles. The second kappa shape index (κ2) is 18.4. The Morgan fingerprint density at radius 2 is 1.61 bits per heavy atom. The quantitative estimate of drug-likeness (QED) is 0.168. The van der Waals surface area contributed by atoms with E-state index < -0.39 is 18.1 Å². The molecule has 0 aromatic rings. The van der Waals surface area contributed by atoms with Gasteiger partial charge in [0.1, 0.15) is 12.1 Å². The lowest BCUT2D eigenvalue weighted by molar-refractivity contribution is -0.133. The predicted molar refractivity (Wildman–Crippen MR) is 152 cm³/mol. The smallest absolute Gasteiger partial charge is 0.312 e. The van der Waals surface area contributed by atoms with Crippen LogP contribution in [0.25, 0.3) is 0 Å². The van der Waals surface area contributed by atoms with E-state index in [1.807, 2.05) is 19.9 Å². The van der Waals surface area contributed by atoms with Crippen LogP contribution in [0.2, 0.25) is 0 Å². The van der Waals surface area contributed by atoms with E-state index >= 15 is 0 Å². The fourth-order valence-electron chi connectivity index (χ4n) is 4.44. The Bertz CT molecular complexity index is 835. The van der Waals surface area contributed by atoms with Crippen molar-refractivity contribution < 1.29 is 19.2 Å². The molecule has 0 fully saturated rings. The van der Waals surface area contributed by atoms with E-state index in [1.54, 1.807) is 0 Å². The van der Waals surface area contributed by atoms with Gasteiger partial charge >= 0.3 is 6.03 Å². The number of carbonyl (C=O) groups is 4. The van der Waals surface area contributed by atoms with Crippen molar-refractivity contribution in [2.75, 3.05) is 6.54 Å². The largest absolute Gasteiger partial charge is 0.352 e. The van der Waals surface area contributed by atoms with Crippen LogP contribution in [0.1, 0.15) is 105 Å². The van der Waals surface area contributed by atoms with Crippen LogP contribution in [0.3, 0.4) is 0 Å². The molecule has 5 amide bonds. The number of amides is 5. The number of rotatable bonds is 18. The molecular formula is C29H51N5O4. The van der Waals surface area contributed by atoms with E-state index in [1.165, 1.54) is 5.57 Å².